The van der Waals surface area contributed by atoms with Crippen LogP contribution in [0.3, 0.4) is 0 Å². The quantitative estimate of drug-likeness (QED) is 0.262. The molecule has 0 radical (unpaired) electrons. The molecular formula is C33H33BrN2O. The third-order valence-electron chi connectivity index (χ3n) is 7.39. The van der Waals surface area contributed by atoms with Gasteiger partial charge in [-0.05, 0) is 84.0 Å². The van der Waals surface area contributed by atoms with Crippen molar-refractivity contribution in [2.75, 3.05) is 13.1 Å². The number of carbonyl (C=O) groups excluding carboxylic acids is 1. The van der Waals surface area contributed by atoms with Gasteiger partial charge in [-0.1, -0.05) is 88.2 Å². The maximum absolute atomic E-state index is 12.7. The lowest BCUT2D eigenvalue weighted by atomic mass is 9.97. The number of hydrogen-bond acceptors (Lipinski definition) is 2. The first-order chi connectivity index (χ1) is 18.0. The minimum Gasteiger partial charge on any atom is -0.346 e. The lowest BCUT2D eigenvalue weighted by Crippen LogP contribution is -2.30. The molecular weight excluding hydrogens is 520 g/mol. The third-order valence-corrected chi connectivity index (χ3v) is 7.91. The average molecular weight is 554 g/mol. The molecule has 3 nitrogen and oxygen atoms in total. The topological polar surface area (TPSA) is 32.3 Å². The largest absolute Gasteiger partial charge is 0.346 e. The number of piperidine rings is 1. The molecule has 1 N–H and O–H groups in total. The number of fused-ring (bicyclic) bond motifs is 1. The van der Waals surface area contributed by atoms with Crippen molar-refractivity contribution in [1.82, 2.24) is 10.2 Å². The van der Waals surface area contributed by atoms with Crippen molar-refractivity contribution in [3.8, 4) is 0 Å². The van der Waals surface area contributed by atoms with Gasteiger partial charge in [0.15, 0.2) is 0 Å². The molecule has 0 aliphatic carbocycles. The predicted molar refractivity (Wildman–Crippen MR) is 158 cm³/mol. The second kappa shape index (κ2) is 11.5. The van der Waals surface area contributed by atoms with E-state index in [1.807, 2.05) is 43.3 Å². The van der Waals surface area contributed by atoms with Crippen LogP contribution in [0.25, 0.3) is 16.8 Å². The summed E-state index contributed by atoms with van der Waals surface area (Å²) < 4.78 is 1.03. The van der Waals surface area contributed by atoms with Crippen molar-refractivity contribution in [2.45, 2.75) is 39.3 Å². The highest BCUT2D eigenvalue weighted by molar-refractivity contribution is 9.10. The summed E-state index contributed by atoms with van der Waals surface area (Å²) >= 11 is 3.46. The Kier molecular flexibility index (Phi) is 7.87. The SMILES string of the molecule is Cc1ccc(CN2CCC(=Cc3ccc(C(=O)N[C@H](C)c4ccc(Br)cc4)cc3)CC2)c2ccccc12. The molecule has 1 heterocycles. The van der Waals surface area contributed by atoms with Gasteiger partial charge in [-0.3, -0.25) is 9.69 Å². The molecule has 4 aromatic carbocycles. The van der Waals surface area contributed by atoms with Gasteiger partial charge in [0.05, 0.1) is 6.04 Å². The van der Waals surface area contributed by atoms with Gasteiger partial charge in [-0.25, -0.2) is 0 Å². The Morgan fingerprint density at radius 3 is 2.30 bits per heavy atom. The third kappa shape index (κ3) is 6.20. The highest BCUT2D eigenvalue weighted by Gasteiger charge is 2.16. The predicted octanol–water partition coefficient (Wildman–Crippen LogP) is 8.08. The van der Waals surface area contributed by atoms with Crippen LogP contribution in [-0.2, 0) is 6.54 Å². The van der Waals surface area contributed by atoms with Crippen LogP contribution in [0, 0.1) is 6.92 Å². The van der Waals surface area contributed by atoms with E-state index in [9.17, 15) is 4.79 Å². The highest BCUT2D eigenvalue weighted by atomic mass is 79.9. The standard InChI is InChI=1S/C33H33BrN2O/c1-23-7-10-29(32-6-4-3-5-31(23)32)22-36-19-17-26(18-20-36)21-25-8-11-28(12-9-25)33(37)35-24(2)27-13-15-30(34)16-14-27/h3-16,21,24H,17-20,22H2,1-2H3,(H,35,37)/t24-/m1/s1. The second-order valence-corrected chi connectivity index (χ2v) is 11.0. The van der Waals surface area contributed by atoms with Crippen LogP contribution in [0.15, 0.2) is 95.0 Å². The lowest BCUT2D eigenvalue weighted by Gasteiger charge is -2.29. The van der Waals surface area contributed by atoms with Crippen molar-refractivity contribution in [3.63, 3.8) is 0 Å². The summed E-state index contributed by atoms with van der Waals surface area (Å²) in [5.74, 6) is -0.0495. The first kappa shape index (κ1) is 25.4. The Hall–Kier alpha value is -3.21. The fraction of sp³-hybridized carbons (Fsp3) is 0.242. The van der Waals surface area contributed by atoms with E-state index in [1.165, 1.54) is 27.5 Å². The zero-order valence-electron chi connectivity index (χ0n) is 21.5. The van der Waals surface area contributed by atoms with E-state index in [4.69, 9.17) is 0 Å². The van der Waals surface area contributed by atoms with Crippen LogP contribution in [0.1, 0.15) is 58.4 Å². The Labute approximate surface area is 228 Å². The molecule has 1 amide bonds. The molecule has 5 rings (SSSR count). The molecule has 188 valence electrons. The van der Waals surface area contributed by atoms with Gasteiger partial charge < -0.3 is 5.32 Å². The molecule has 4 aromatic rings. The van der Waals surface area contributed by atoms with Crippen LogP contribution < -0.4 is 5.32 Å². The Balaban J connectivity index is 1.16. The molecule has 1 atom stereocenters. The molecule has 0 aromatic heterocycles. The van der Waals surface area contributed by atoms with E-state index in [2.05, 4.69) is 87.7 Å². The van der Waals surface area contributed by atoms with Gasteiger partial charge >= 0.3 is 0 Å². The minimum atomic E-state index is -0.0505. The fourth-order valence-electron chi connectivity index (χ4n) is 5.11. The number of aryl methyl sites for hydroxylation is 1. The van der Waals surface area contributed by atoms with Crippen LogP contribution in [0.2, 0.25) is 0 Å². The maximum Gasteiger partial charge on any atom is 0.251 e. The summed E-state index contributed by atoms with van der Waals surface area (Å²) in [6.07, 6.45) is 4.46. The molecule has 0 saturated carbocycles. The van der Waals surface area contributed by atoms with Gasteiger partial charge in [0, 0.05) is 29.7 Å². The van der Waals surface area contributed by atoms with Crippen LogP contribution in [0.4, 0.5) is 0 Å². The normalized spacial score (nSPS) is 14.9. The van der Waals surface area contributed by atoms with Crippen molar-refractivity contribution in [3.05, 3.63) is 123 Å². The minimum absolute atomic E-state index is 0.0495. The van der Waals surface area contributed by atoms with E-state index in [0.29, 0.717) is 5.56 Å². The summed E-state index contributed by atoms with van der Waals surface area (Å²) in [4.78, 5) is 15.3. The molecule has 1 aliphatic rings. The lowest BCUT2D eigenvalue weighted by molar-refractivity contribution is 0.0940. The fourth-order valence-corrected chi connectivity index (χ4v) is 5.38. The van der Waals surface area contributed by atoms with E-state index in [0.717, 1.165) is 48.1 Å². The van der Waals surface area contributed by atoms with Crippen LogP contribution in [-0.4, -0.2) is 23.9 Å². The number of rotatable bonds is 6. The Morgan fingerprint density at radius 2 is 1.59 bits per heavy atom. The summed E-state index contributed by atoms with van der Waals surface area (Å²) in [5, 5.41) is 5.83. The van der Waals surface area contributed by atoms with Gasteiger partial charge in [0.25, 0.3) is 5.91 Å². The number of amides is 1. The maximum atomic E-state index is 12.7. The molecule has 0 unspecified atom stereocenters. The number of benzene rings is 4. The number of halogens is 1. The van der Waals surface area contributed by atoms with E-state index >= 15 is 0 Å². The smallest absolute Gasteiger partial charge is 0.251 e. The first-order valence-electron chi connectivity index (χ1n) is 13.0. The molecule has 4 heteroatoms. The molecule has 1 saturated heterocycles. The molecule has 0 spiro atoms. The van der Waals surface area contributed by atoms with Gasteiger partial charge in [-0.2, -0.15) is 0 Å². The second-order valence-electron chi connectivity index (χ2n) is 10.0. The summed E-state index contributed by atoms with van der Waals surface area (Å²) in [6.45, 7) is 7.34. The van der Waals surface area contributed by atoms with Gasteiger partial charge in [0.2, 0.25) is 0 Å². The first-order valence-corrected chi connectivity index (χ1v) is 13.8. The molecule has 1 aliphatic heterocycles. The number of likely N-dealkylation sites (tertiary alicyclic amines) is 1. The number of carbonyl (C=O) groups is 1. The van der Waals surface area contributed by atoms with E-state index in [-0.39, 0.29) is 11.9 Å². The summed E-state index contributed by atoms with van der Waals surface area (Å²) in [7, 11) is 0. The molecule has 37 heavy (non-hydrogen) atoms. The average Bonchev–Trinajstić information content (AvgIpc) is 2.92. The van der Waals surface area contributed by atoms with Gasteiger partial charge in [0.1, 0.15) is 0 Å². The summed E-state index contributed by atoms with van der Waals surface area (Å²) in [5.41, 5.74) is 7.16. The van der Waals surface area contributed by atoms with Crippen molar-refractivity contribution < 1.29 is 4.79 Å². The Morgan fingerprint density at radius 1 is 0.919 bits per heavy atom. The molecule has 1 fully saturated rings. The van der Waals surface area contributed by atoms with Crippen LogP contribution in [0.5, 0.6) is 0 Å². The number of hydrogen-bond donors (Lipinski definition) is 1. The Bertz CT molecular complexity index is 1410. The summed E-state index contributed by atoms with van der Waals surface area (Å²) in [6, 6.07) is 29.2. The van der Waals surface area contributed by atoms with Gasteiger partial charge in [-0.15, -0.1) is 0 Å². The highest BCUT2D eigenvalue weighted by Crippen LogP contribution is 2.26. The number of nitrogens with one attached hydrogen (secondary N) is 1. The number of nitrogens with zero attached hydrogens (tertiary/aromatic N) is 1. The zero-order chi connectivity index (χ0) is 25.8. The van der Waals surface area contributed by atoms with Crippen LogP contribution >= 0.6 is 15.9 Å². The van der Waals surface area contributed by atoms with Crippen molar-refractivity contribution >= 4 is 38.7 Å². The van der Waals surface area contributed by atoms with Crippen molar-refractivity contribution in [2.24, 2.45) is 0 Å². The van der Waals surface area contributed by atoms with E-state index in [1.54, 1.807) is 0 Å². The zero-order valence-corrected chi connectivity index (χ0v) is 23.1. The van der Waals surface area contributed by atoms with Crippen molar-refractivity contribution in [1.29, 1.82) is 0 Å². The monoisotopic (exact) mass is 552 g/mol. The van der Waals surface area contributed by atoms with E-state index < -0.39 is 0 Å². The molecule has 0 bridgehead atoms.